The van der Waals surface area contributed by atoms with Crippen LogP contribution in [0.2, 0.25) is 0 Å². The summed E-state index contributed by atoms with van der Waals surface area (Å²) in [5.74, 6) is 0.345. The summed E-state index contributed by atoms with van der Waals surface area (Å²) < 4.78 is 5.07. The normalized spacial score (nSPS) is 10.0. The lowest BCUT2D eigenvalue weighted by Gasteiger charge is -2.20. The molecule has 0 spiro atoms. The van der Waals surface area contributed by atoms with Crippen LogP contribution in [0.25, 0.3) is 0 Å². The van der Waals surface area contributed by atoms with Gasteiger partial charge in [-0.2, -0.15) is 0 Å². The molecular weight excluding hydrogens is 292 g/mol. The zero-order valence-corrected chi connectivity index (χ0v) is 13.3. The number of nitrogens with zero attached hydrogens (tertiary/aromatic N) is 1. The number of rotatable bonds is 6. The Hall–Kier alpha value is -2.82. The number of hydrogen-bond donors (Lipinski definition) is 1. The van der Waals surface area contributed by atoms with Crippen LogP contribution in [0.3, 0.4) is 0 Å². The van der Waals surface area contributed by atoms with Crippen molar-refractivity contribution in [3.63, 3.8) is 0 Å². The summed E-state index contributed by atoms with van der Waals surface area (Å²) in [7, 11) is 1.59. The number of nitrogens with one attached hydrogen (secondary N) is 1. The van der Waals surface area contributed by atoms with E-state index in [1.165, 1.54) is 11.8 Å². The fourth-order valence-corrected chi connectivity index (χ4v) is 2.13. The van der Waals surface area contributed by atoms with E-state index in [-0.39, 0.29) is 18.4 Å². The summed E-state index contributed by atoms with van der Waals surface area (Å²) >= 11 is 0. The molecule has 2 aromatic carbocycles. The Morgan fingerprint density at radius 2 is 1.70 bits per heavy atom. The van der Waals surface area contributed by atoms with Crippen LogP contribution in [0, 0.1) is 0 Å². The number of methoxy groups -OCH3 is 1. The van der Waals surface area contributed by atoms with Crippen molar-refractivity contribution in [2.45, 2.75) is 13.5 Å². The van der Waals surface area contributed by atoms with E-state index < -0.39 is 0 Å². The molecule has 5 nitrogen and oxygen atoms in total. The summed E-state index contributed by atoms with van der Waals surface area (Å²) in [5.41, 5.74) is 1.65. The van der Waals surface area contributed by atoms with Crippen molar-refractivity contribution in [3.05, 3.63) is 60.2 Å². The molecule has 0 bridgehead atoms. The van der Waals surface area contributed by atoms with E-state index in [1.807, 2.05) is 30.3 Å². The van der Waals surface area contributed by atoms with Gasteiger partial charge >= 0.3 is 0 Å². The molecule has 23 heavy (non-hydrogen) atoms. The Bertz CT molecular complexity index is 654. The molecule has 0 aromatic heterocycles. The highest BCUT2D eigenvalue weighted by molar-refractivity contribution is 5.94. The maximum atomic E-state index is 12.1. The largest absolute Gasteiger partial charge is 0.497 e. The van der Waals surface area contributed by atoms with Gasteiger partial charge in [0.1, 0.15) is 12.3 Å². The van der Waals surface area contributed by atoms with E-state index in [2.05, 4.69) is 5.32 Å². The maximum absolute atomic E-state index is 12.1. The first-order valence-corrected chi connectivity index (χ1v) is 7.32. The van der Waals surface area contributed by atoms with Gasteiger partial charge in [-0.05, 0) is 29.8 Å². The molecule has 2 amide bonds. The fourth-order valence-electron chi connectivity index (χ4n) is 2.13. The van der Waals surface area contributed by atoms with Gasteiger partial charge in [0.05, 0.1) is 7.11 Å². The van der Waals surface area contributed by atoms with Crippen molar-refractivity contribution >= 4 is 17.5 Å². The Morgan fingerprint density at radius 1 is 1.04 bits per heavy atom. The molecule has 0 saturated heterocycles. The van der Waals surface area contributed by atoms with Gasteiger partial charge in [-0.15, -0.1) is 0 Å². The predicted octanol–water partition coefficient (Wildman–Crippen LogP) is 2.68. The predicted molar refractivity (Wildman–Crippen MR) is 89.2 cm³/mol. The molecule has 5 heteroatoms. The van der Waals surface area contributed by atoms with Gasteiger partial charge in [0.15, 0.2) is 0 Å². The molecule has 2 rings (SSSR count). The molecule has 0 aliphatic carbocycles. The van der Waals surface area contributed by atoms with Crippen LogP contribution in [0.15, 0.2) is 54.6 Å². The van der Waals surface area contributed by atoms with Crippen molar-refractivity contribution in [3.8, 4) is 5.75 Å². The lowest BCUT2D eigenvalue weighted by atomic mass is 10.2. The molecule has 120 valence electrons. The Kier molecular flexibility index (Phi) is 5.74. The number of ether oxygens (including phenoxy) is 1. The molecule has 0 saturated carbocycles. The third-order valence-corrected chi connectivity index (χ3v) is 3.37. The highest BCUT2D eigenvalue weighted by atomic mass is 16.5. The summed E-state index contributed by atoms with van der Waals surface area (Å²) in [5, 5.41) is 2.78. The molecule has 0 atom stereocenters. The van der Waals surface area contributed by atoms with Crippen molar-refractivity contribution in [2.24, 2.45) is 0 Å². The van der Waals surface area contributed by atoms with Crippen LogP contribution >= 0.6 is 0 Å². The molecule has 0 aliphatic rings. The smallest absolute Gasteiger partial charge is 0.244 e. The Labute approximate surface area is 135 Å². The first-order valence-electron chi connectivity index (χ1n) is 7.32. The van der Waals surface area contributed by atoms with Gasteiger partial charge in [-0.3, -0.25) is 9.59 Å². The lowest BCUT2D eigenvalue weighted by molar-refractivity contribution is -0.133. The van der Waals surface area contributed by atoms with E-state index in [4.69, 9.17) is 4.74 Å². The number of carbonyl (C=O) groups is 2. The van der Waals surface area contributed by atoms with Crippen LogP contribution in [-0.4, -0.2) is 30.4 Å². The van der Waals surface area contributed by atoms with Crippen LogP contribution in [0.5, 0.6) is 5.75 Å². The SMILES string of the molecule is COc1ccc(NC(=O)CN(Cc2ccccc2)C(C)=O)cc1. The summed E-state index contributed by atoms with van der Waals surface area (Å²) in [6.07, 6.45) is 0. The molecule has 0 aliphatic heterocycles. The third kappa shape index (κ3) is 5.14. The number of amides is 2. The van der Waals surface area contributed by atoms with Gasteiger partial charge in [0, 0.05) is 19.2 Å². The van der Waals surface area contributed by atoms with E-state index in [1.54, 1.807) is 31.4 Å². The first-order chi connectivity index (χ1) is 11.1. The van der Waals surface area contributed by atoms with E-state index in [0.717, 1.165) is 11.3 Å². The minimum absolute atomic E-state index is 0.0102. The van der Waals surface area contributed by atoms with E-state index in [9.17, 15) is 9.59 Å². The zero-order chi connectivity index (χ0) is 16.7. The van der Waals surface area contributed by atoms with Crippen molar-refractivity contribution in [1.29, 1.82) is 0 Å². The number of carbonyl (C=O) groups excluding carboxylic acids is 2. The molecule has 0 fully saturated rings. The molecule has 2 aromatic rings. The van der Waals surface area contributed by atoms with Crippen molar-refractivity contribution in [2.75, 3.05) is 19.0 Å². The van der Waals surface area contributed by atoms with Crippen molar-refractivity contribution < 1.29 is 14.3 Å². The molecule has 1 N–H and O–H groups in total. The first kappa shape index (κ1) is 16.5. The van der Waals surface area contributed by atoms with Gasteiger partial charge < -0.3 is 15.0 Å². The minimum atomic E-state index is -0.235. The molecular formula is C18H20N2O3. The lowest BCUT2D eigenvalue weighted by Crippen LogP contribution is -2.36. The van der Waals surface area contributed by atoms with Crippen molar-refractivity contribution in [1.82, 2.24) is 4.90 Å². The maximum Gasteiger partial charge on any atom is 0.244 e. The van der Waals surface area contributed by atoms with Gasteiger partial charge in [-0.25, -0.2) is 0 Å². The number of anilines is 1. The fraction of sp³-hybridized carbons (Fsp3) is 0.222. The highest BCUT2D eigenvalue weighted by Gasteiger charge is 2.14. The molecule has 0 heterocycles. The second kappa shape index (κ2) is 7.98. The Morgan fingerprint density at radius 3 is 2.26 bits per heavy atom. The second-order valence-corrected chi connectivity index (χ2v) is 5.14. The number of hydrogen-bond acceptors (Lipinski definition) is 3. The van der Waals surface area contributed by atoms with Crippen LogP contribution in [0.4, 0.5) is 5.69 Å². The summed E-state index contributed by atoms with van der Waals surface area (Å²) in [6.45, 7) is 1.88. The summed E-state index contributed by atoms with van der Waals surface area (Å²) in [4.78, 5) is 25.4. The topological polar surface area (TPSA) is 58.6 Å². The third-order valence-electron chi connectivity index (χ3n) is 3.37. The van der Waals surface area contributed by atoms with Crippen LogP contribution in [0.1, 0.15) is 12.5 Å². The monoisotopic (exact) mass is 312 g/mol. The Balaban J connectivity index is 1.96. The van der Waals surface area contributed by atoms with E-state index >= 15 is 0 Å². The average Bonchev–Trinajstić information content (AvgIpc) is 2.56. The minimum Gasteiger partial charge on any atom is -0.497 e. The quantitative estimate of drug-likeness (QED) is 0.892. The number of benzene rings is 2. The molecule has 0 unspecified atom stereocenters. The summed E-state index contributed by atoms with van der Waals surface area (Å²) in [6, 6.07) is 16.6. The highest BCUT2D eigenvalue weighted by Crippen LogP contribution is 2.15. The average molecular weight is 312 g/mol. The van der Waals surface area contributed by atoms with E-state index in [0.29, 0.717) is 12.2 Å². The van der Waals surface area contributed by atoms with Crippen LogP contribution in [-0.2, 0) is 16.1 Å². The zero-order valence-electron chi connectivity index (χ0n) is 13.3. The van der Waals surface area contributed by atoms with Gasteiger partial charge in [0.2, 0.25) is 11.8 Å². The second-order valence-electron chi connectivity index (χ2n) is 5.14. The van der Waals surface area contributed by atoms with Crippen LogP contribution < -0.4 is 10.1 Å². The standard InChI is InChI=1S/C18H20N2O3/c1-14(21)20(12-15-6-4-3-5-7-15)13-18(22)19-16-8-10-17(23-2)11-9-16/h3-11H,12-13H2,1-2H3,(H,19,22). The van der Waals surface area contributed by atoms with Gasteiger partial charge in [0.25, 0.3) is 0 Å². The molecule has 0 radical (unpaired) electrons. The van der Waals surface area contributed by atoms with Gasteiger partial charge in [-0.1, -0.05) is 30.3 Å².